The molecule has 1 aliphatic carbocycles. The molecule has 1 amide bonds. The number of hydrogen-bond acceptors (Lipinski definition) is 4. The van der Waals surface area contributed by atoms with Crippen LogP contribution < -0.4 is 10.2 Å². The van der Waals surface area contributed by atoms with Crippen LogP contribution in [-0.4, -0.2) is 39.8 Å². The predicted octanol–water partition coefficient (Wildman–Crippen LogP) is 4.72. The Morgan fingerprint density at radius 2 is 2.00 bits per heavy atom. The number of benzene rings is 2. The van der Waals surface area contributed by atoms with Crippen molar-refractivity contribution >= 4 is 22.5 Å². The molecule has 6 rings (SSSR count). The molecule has 2 aromatic heterocycles. The smallest absolute Gasteiger partial charge is 0.251 e. The summed E-state index contributed by atoms with van der Waals surface area (Å²) in [7, 11) is 1.89. The molecular weight excluding hydrogens is 436 g/mol. The van der Waals surface area contributed by atoms with Crippen LogP contribution in [0.1, 0.15) is 53.1 Å². The Hall–Kier alpha value is -4.05. The topological polar surface area (TPSA) is 89.7 Å². The van der Waals surface area contributed by atoms with Gasteiger partial charge in [-0.2, -0.15) is 10.4 Å². The summed E-state index contributed by atoms with van der Waals surface area (Å²) in [6.07, 6.45) is 8.25. The predicted molar refractivity (Wildman–Crippen MR) is 136 cm³/mol. The number of carbonyl (C=O) groups is 1. The van der Waals surface area contributed by atoms with E-state index in [-0.39, 0.29) is 11.9 Å². The number of nitrogens with zero attached hydrogens (tertiary/aromatic N) is 4. The molecule has 1 unspecified atom stereocenters. The third-order valence-corrected chi connectivity index (χ3v) is 7.23. The van der Waals surface area contributed by atoms with Crippen molar-refractivity contribution in [2.75, 3.05) is 18.0 Å². The number of H-pyrrole nitrogens is 1. The second-order valence-electron chi connectivity index (χ2n) is 9.77. The third-order valence-electron chi connectivity index (χ3n) is 7.23. The van der Waals surface area contributed by atoms with E-state index in [0.717, 1.165) is 59.3 Å². The minimum Gasteiger partial charge on any atom is -0.369 e. The highest BCUT2D eigenvalue weighted by atomic mass is 16.1. The van der Waals surface area contributed by atoms with Gasteiger partial charge in [-0.25, -0.2) is 0 Å². The van der Waals surface area contributed by atoms with Crippen LogP contribution in [-0.2, 0) is 7.05 Å². The number of piperidine rings is 1. The third kappa shape index (κ3) is 4.17. The van der Waals surface area contributed by atoms with Gasteiger partial charge in [-0.05, 0) is 67.5 Å². The lowest BCUT2D eigenvalue weighted by atomic mass is 10.0. The lowest BCUT2D eigenvalue weighted by Gasteiger charge is -2.35. The number of nitriles is 1. The number of carbonyl (C=O) groups excluding carboxylic acids is 1. The van der Waals surface area contributed by atoms with Crippen molar-refractivity contribution in [2.45, 2.75) is 37.6 Å². The SMILES string of the molecule is Cn1cc(-c2cc3c(N4CCCC(NC(=O)c5ccc(C6CC6)cc5)C4)ccc(C#N)c3[nH]2)cn1. The molecule has 1 saturated heterocycles. The van der Waals surface area contributed by atoms with Crippen LogP contribution in [0, 0.1) is 11.3 Å². The monoisotopic (exact) mass is 464 g/mol. The van der Waals surface area contributed by atoms with Gasteiger partial charge >= 0.3 is 0 Å². The molecule has 176 valence electrons. The quantitative estimate of drug-likeness (QED) is 0.447. The molecule has 2 aliphatic rings. The first kappa shape index (κ1) is 21.5. The van der Waals surface area contributed by atoms with Crippen LogP contribution in [0.15, 0.2) is 54.9 Å². The summed E-state index contributed by atoms with van der Waals surface area (Å²) in [5.41, 5.74) is 6.52. The zero-order valence-electron chi connectivity index (χ0n) is 19.8. The number of fused-ring (bicyclic) bond motifs is 1. The maximum absolute atomic E-state index is 12.9. The van der Waals surface area contributed by atoms with E-state index in [4.69, 9.17) is 0 Å². The van der Waals surface area contributed by atoms with Gasteiger partial charge in [0.1, 0.15) is 6.07 Å². The van der Waals surface area contributed by atoms with Gasteiger partial charge in [-0.1, -0.05) is 12.1 Å². The van der Waals surface area contributed by atoms with Crippen molar-refractivity contribution in [2.24, 2.45) is 7.05 Å². The fourth-order valence-electron chi connectivity index (χ4n) is 5.19. The molecule has 3 heterocycles. The molecule has 1 atom stereocenters. The van der Waals surface area contributed by atoms with Crippen LogP contribution in [0.3, 0.4) is 0 Å². The number of aryl methyl sites for hydroxylation is 1. The van der Waals surface area contributed by atoms with Crippen LogP contribution >= 0.6 is 0 Å². The van der Waals surface area contributed by atoms with Gasteiger partial charge in [-0.15, -0.1) is 0 Å². The Morgan fingerprint density at radius 3 is 2.71 bits per heavy atom. The molecule has 1 aliphatic heterocycles. The number of aromatic nitrogens is 3. The van der Waals surface area contributed by atoms with Gasteiger partial charge in [0.05, 0.1) is 17.3 Å². The molecule has 2 N–H and O–H groups in total. The zero-order valence-corrected chi connectivity index (χ0v) is 19.8. The summed E-state index contributed by atoms with van der Waals surface area (Å²) in [6.45, 7) is 1.65. The number of anilines is 1. The van der Waals surface area contributed by atoms with Crippen molar-refractivity contribution in [1.29, 1.82) is 5.26 Å². The van der Waals surface area contributed by atoms with Crippen molar-refractivity contribution in [3.8, 4) is 17.3 Å². The van der Waals surface area contributed by atoms with E-state index in [1.165, 1.54) is 18.4 Å². The number of aromatic amines is 1. The Balaban J connectivity index is 1.23. The number of hydrogen-bond donors (Lipinski definition) is 2. The average molecular weight is 465 g/mol. The fraction of sp³-hybridized carbons (Fsp3) is 0.321. The standard InChI is InChI=1S/C28H28N6O/c1-33-16-22(15-30-33)25-13-24-26(11-10-21(14-29)27(24)32-25)34-12-2-3-23(17-34)31-28(35)20-8-6-19(7-9-20)18-4-5-18/h6-11,13,15-16,18,23,32H,2-5,12,17H2,1H3,(H,31,35). The Bertz CT molecular complexity index is 1440. The Kier molecular flexibility index (Phi) is 5.29. The fourth-order valence-corrected chi connectivity index (χ4v) is 5.19. The molecule has 2 fully saturated rings. The average Bonchev–Trinajstić information content (AvgIpc) is 3.49. The molecule has 0 bridgehead atoms. The first-order valence-corrected chi connectivity index (χ1v) is 12.3. The number of amides is 1. The van der Waals surface area contributed by atoms with Crippen LogP contribution in [0.25, 0.3) is 22.2 Å². The van der Waals surface area contributed by atoms with Crippen LogP contribution in [0.2, 0.25) is 0 Å². The molecular formula is C28H28N6O. The molecule has 7 heteroatoms. The highest BCUT2D eigenvalue weighted by Gasteiger charge is 2.26. The van der Waals surface area contributed by atoms with Gasteiger partial charge in [-0.3, -0.25) is 9.48 Å². The van der Waals surface area contributed by atoms with E-state index in [9.17, 15) is 10.1 Å². The minimum absolute atomic E-state index is 0.00955. The van der Waals surface area contributed by atoms with E-state index in [0.29, 0.717) is 11.5 Å². The largest absolute Gasteiger partial charge is 0.369 e. The van der Waals surface area contributed by atoms with E-state index < -0.39 is 0 Å². The highest BCUT2D eigenvalue weighted by molar-refractivity contribution is 5.99. The van der Waals surface area contributed by atoms with Gasteiger partial charge in [0.15, 0.2) is 0 Å². The normalized spacial score (nSPS) is 17.9. The Morgan fingerprint density at radius 1 is 1.17 bits per heavy atom. The second kappa shape index (κ2) is 8.62. The minimum atomic E-state index is -0.00955. The second-order valence-corrected chi connectivity index (χ2v) is 9.77. The van der Waals surface area contributed by atoms with Gasteiger partial charge in [0.25, 0.3) is 5.91 Å². The molecule has 0 spiro atoms. The molecule has 2 aromatic carbocycles. The highest BCUT2D eigenvalue weighted by Crippen LogP contribution is 2.40. The molecule has 4 aromatic rings. The van der Waals surface area contributed by atoms with Crippen molar-refractivity contribution < 1.29 is 4.79 Å². The lowest BCUT2D eigenvalue weighted by molar-refractivity contribution is 0.0933. The van der Waals surface area contributed by atoms with Crippen LogP contribution in [0.5, 0.6) is 0 Å². The maximum atomic E-state index is 12.9. The molecule has 7 nitrogen and oxygen atoms in total. The van der Waals surface area contributed by atoms with E-state index in [1.54, 1.807) is 4.68 Å². The van der Waals surface area contributed by atoms with Gasteiger partial charge in [0.2, 0.25) is 0 Å². The van der Waals surface area contributed by atoms with Crippen molar-refractivity contribution in [3.63, 3.8) is 0 Å². The van der Waals surface area contributed by atoms with E-state index in [2.05, 4.69) is 44.6 Å². The van der Waals surface area contributed by atoms with Gasteiger partial charge in [0, 0.05) is 60.3 Å². The summed E-state index contributed by atoms with van der Waals surface area (Å²) in [4.78, 5) is 18.7. The summed E-state index contributed by atoms with van der Waals surface area (Å²) >= 11 is 0. The Labute approximate surface area is 204 Å². The first-order valence-electron chi connectivity index (χ1n) is 12.3. The summed E-state index contributed by atoms with van der Waals surface area (Å²) < 4.78 is 1.77. The number of rotatable bonds is 5. The van der Waals surface area contributed by atoms with Crippen LogP contribution in [0.4, 0.5) is 5.69 Å². The van der Waals surface area contributed by atoms with Crippen molar-refractivity contribution in [1.82, 2.24) is 20.1 Å². The van der Waals surface area contributed by atoms with E-state index in [1.807, 2.05) is 43.7 Å². The van der Waals surface area contributed by atoms with Gasteiger partial charge < -0.3 is 15.2 Å². The van der Waals surface area contributed by atoms with E-state index >= 15 is 0 Å². The molecule has 35 heavy (non-hydrogen) atoms. The lowest BCUT2D eigenvalue weighted by Crippen LogP contribution is -2.47. The van der Waals surface area contributed by atoms with Crippen molar-refractivity contribution in [3.05, 3.63) is 71.5 Å². The first-order chi connectivity index (χ1) is 17.1. The molecule has 0 radical (unpaired) electrons. The summed E-state index contributed by atoms with van der Waals surface area (Å²) in [5.74, 6) is 0.681. The summed E-state index contributed by atoms with van der Waals surface area (Å²) in [6, 6.07) is 16.5. The number of nitrogens with one attached hydrogen (secondary N) is 2. The zero-order chi connectivity index (χ0) is 23.9. The summed E-state index contributed by atoms with van der Waals surface area (Å²) in [5, 5.41) is 18.2. The molecule has 1 saturated carbocycles. The maximum Gasteiger partial charge on any atom is 0.251 e.